The van der Waals surface area contributed by atoms with Gasteiger partial charge in [-0.25, -0.2) is 8.78 Å². The molecule has 0 spiro atoms. The highest BCUT2D eigenvalue weighted by atomic mass is 19.3. The number of amides is 1. The summed E-state index contributed by atoms with van der Waals surface area (Å²) >= 11 is 0. The number of benzene rings is 2. The van der Waals surface area contributed by atoms with Crippen molar-refractivity contribution < 1.29 is 23.1 Å². The van der Waals surface area contributed by atoms with E-state index in [9.17, 15) is 18.4 Å². The lowest BCUT2D eigenvalue weighted by molar-refractivity contribution is -0.128. The van der Waals surface area contributed by atoms with Gasteiger partial charge in [-0.3, -0.25) is 9.59 Å². The minimum Gasteiger partial charge on any atom is -0.491 e. The number of hydrogen-bond acceptors (Lipinski definition) is 4. The van der Waals surface area contributed by atoms with E-state index < -0.39 is 17.7 Å². The third-order valence-electron chi connectivity index (χ3n) is 4.72. The quantitative estimate of drug-likeness (QED) is 0.615. The Labute approximate surface area is 174 Å². The van der Waals surface area contributed by atoms with Gasteiger partial charge in [0.1, 0.15) is 11.7 Å². The summed E-state index contributed by atoms with van der Waals surface area (Å²) in [6.07, 6.45) is -0.0972. The molecule has 1 aliphatic rings. The molecule has 0 bridgehead atoms. The van der Waals surface area contributed by atoms with E-state index in [1.807, 2.05) is 13.8 Å². The van der Waals surface area contributed by atoms with Gasteiger partial charge in [0.25, 0.3) is 11.8 Å². The lowest BCUT2D eigenvalue weighted by Crippen LogP contribution is -2.33. The highest BCUT2D eigenvalue weighted by Gasteiger charge is 2.39. The molecule has 1 amide bonds. The smallest absolute Gasteiger partial charge is 0.270 e. The van der Waals surface area contributed by atoms with E-state index in [4.69, 9.17) is 4.74 Å². The molecule has 2 aromatic rings. The van der Waals surface area contributed by atoms with E-state index in [2.05, 4.69) is 5.10 Å². The number of carbonyl (C=O) groups is 2. The third-order valence-corrected chi connectivity index (χ3v) is 4.72. The predicted molar refractivity (Wildman–Crippen MR) is 111 cm³/mol. The number of halogens is 2. The number of Topliss-reactive ketones (excluding diaryl/α,β-unsaturated/α-hetero) is 1. The van der Waals surface area contributed by atoms with Gasteiger partial charge in [0.15, 0.2) is 5.78 Å². The van der Waals surface area contributed by atoms with Crippen molar-refractivity contribution in [3.05, 3.63) is 59.7 Å². The van der Waals surface area contributed by atoms with Crippen molar-refractivity contribution in [3.8, 4) is 5.75 Å². The molecule has 30 heavy (non-hydrogen) atoms. The fourth-order valence-electron chi connectivity index (χ4n) is 3.32. The zero-order valence-corrected chi connectivity index (χ0v) is 17.4. The third kappa shape index (κ3) is 4.72. The van der Waals surface area contributed by atoms with Crippen LogP contribution >= 0.6 is 0 Å². The Morgan fingerprint density at radius 2 is 1.87 bits per heavy atom. The van der Waals surface area contributed by atoms with Gasteiger partial charge in [-0.15, -0.1) is 0 Å². The number of anilines is 1. The van der Waals surface area contributed by atoms with Crippen LogP contribution in [0, 0.1) is 5.92 Å². The fourth-order valence-corrected chi connectivity index (χ4v) is 3.32. The molecular weight excluding hydrogens is 390 g/mol. The van der Waals surface area contributed by atoms with Crippen molar-refractivity contribution in [3.63, 3.8) is 0 Å². The summed E-state index contributed by atoms with van der Waals surface area (Å²) in [6, 6.07) is 12.6. The summed E-state index contributed by atoms with van der Waals surface area (Å²) in [4.78, 5) is 25.7. The molecule has 0 aromatic heterocycles. The van der Waals surface area contributed by atoms with Crippen LogP contribution in [0.2, 0.25) is 0 Å². The van der Waals surface area contributed by atoms with Gasteiger partial charge in [-0.05, 0) is 56.7 Å². The minimum absolute atomic E-state index is 0.0256. The molecule has 0 saturated carbocycles. The number of ether oxygens (including phenoxy) is 1. The molecule has 0 radical (unpaired) electrons. The first-order valence-electron chi connectivity index (χ1n) is 9.72. The molecule has 1 unspecified atom stereocenters. The van der Waals surface area contributed by atoms with E-state index in [1.54, 1.807) is 37.3 Å². The summed E-state index contributed by atoms with van der Waals surface area (Å²) in [7, 11) is 0. The van der Waals surface area contributed by atoms with Crippen LogP contribution in [0.3, 0.4) is 0 Å². The summed E-state index contributed by atoms with van der Waals surface area (Å²) in [5.74, 6) is -4.18. The first-order chi connectivity index (χ1) is 14.1. The highest BCUT2D eigenvalue weighted by Crippen LogP contribution is 2.29. The summed E-state index contributed by atoms with van der Waals surface area (Å²) in [5.41, 5.74) is 1.18. The fraction of sp³-hybridized carbons (Fsp3) is 0.348. The van der Waals surface area contributed by atoms with Gasteiger partial charge in [-0.2, -0.15) is 10.1 Å². The lowest BCUT2D eigenvalue weighted by Gasteiger charge is -2.16. The summed E-state index contributed by atoms with van der Waals surface area (Å²) in [5, 5.41) is 5.45. The Hall–Kier alpha value is -3.09. The second-order valence-corrected chi connectivity index (χ2v) is 7.72. The zero-order chi connectivity index (χ0) is 22.1. The zero-order valence-electron chi connectivity index (χ0n) is 17.4. The SMILES string of the molecule is CC1=NN(c2ccc(OC(C)C)cc2)C(=O)C1C(=O)Cc1cccc(C(C)(F)F)c1. The van der Waals surface area contributed by atoms with Crippen molar-refractivity contribution in [2.24, 2.45) is 11.0 Å². The predicted octanol–water partition coefficient (Wildman–Crippen LogP) is 4.74. The van der Waals surface area contributed by atoms with Crippen LogP contribution in [-0.2, 0) is 21.9 Å². The maximum atomic E-state index is 13.6. The average Bonchev–Trinajstić information content (AvgIpc) is 2.95. The maximum absolute atomic E-state index is 13.6. The van der Waals surface area contributed by atoms with E-state index in [1.165, 1.54) is 23.2 Å². The maximum Gasteiger partial charge on any atom is 0.270 e. The molecule has 0 fully saturated rings. The van der Waals surface area contributed by atoms with Crippen molar-refractivity contribution in [2.45, 2.75) is 46.1 Å². The Balaban J connectivity index is 1.74. The molecule has 0 N–H and O–H groups in total. The van der Waals surface area contributed by atoms with E-state index in [0.29, 0.717) is 22.7 Å². The Morgan fingerprint density at radius 3 is 2.47 bits per heavy atom. The first-order valence-corrected chi connectivity index (χ1v) is 9.72. The van der Waals surface area contributed by atoms with E-state index >= 15 is 0 Å². The Kier molecular flexibility index (Phi) is 6.01. The Bertz CT molecular complexity index is 979. The van der Waals surface area contributed by atoms with Crippen LogP contribution in [0.5, 0.6) is 5.75 Å². The van der Waals surface area contributed by atoms with Crippen LogP contribution in [-0.4, -0.2) is 23.5 Å². The molecule has 1 aliphatic heterocycles. The monoisotopic (exact) mass is 414 g/mol. The molecule has 5 nitrogen and oxygen atoms in total. The molecule has 158 valence electrons. The largest absolute Gasteiger partial charge is 0.491 e. The van der Waals surface area contributed by atoms with Crippen molar-refractivity contribution >= 4 is 23.1 Å². The number of hydrogen-bond donors (Lipinski definition) is 0. The Morgan fingerprint density at radius 1 is 1.20 bits per heavy atom. The number of nitrogens with zero attached hydrogens (tertiary/aromatic N) is 2. The van der Waals surface area contributed by atoms with Crippen molar-refractivity contribution in [1.29, 1.82) is 0 Å². The molecule has 2 aromatic carbocycles. The van der Waals surface area contributed by atoms with Crippen LogP contribution in [0.1, 0.15) is 38.8 Å². The first kappa shape index (κ1) is 21.6. The minimum atomic E-state index is -3.00. The molecule has 0 saturated heterocycles. The van der Waals surface area contributed by atoms with Crippen LogP contribution in [0.4, 0.5) is 14.5 Å². The van der Waals surface area contributed by atoms with Gasteiger partial charge in [0.2, 0.25) is 0 Å². The van der Waals surface area contributed by atoms with Gasteiger partial charge in [0.05, 0.1) is 17.5 Å². The summed E-state index contributed by atoms with van der Waals surface area (Å²) in [6.45, 7) is 6.26. The average molecular weight is 414 g/mol. The van der Waals surface area contributed by atoms with Gasteiger partial charge >= 0.3 is 0 Å². The second kappa shape index (κ2) is 8.34. The van der Waals surface area contributed by atoms with Gasteiger partial charge in [0, 0.05) is 18.9 Å². The number of ketones is 1. The number of alkyl halides is 2. The van der Waals surface area contributed by atoms with E-state index in [0.717, 1.165) is 6.92 Å². The number of carbonyl (C=O) groups excluding carboxylic acids is 2. The standard InChI is InChI=1S/C23H24F2N2O3/c1-14(2)30-19-10-8-18(9-11-19)27-22(29)21(15(3)26-27)20(28)13-16-6-5-7-17(12-16)23(4,24)25/h5-12,14,21H,13H2,1-4H3. The number of hydrazone groups is 1. The molecule has 7 heteroatoms. The van der Waals surface area contributed by atoms with E-state index in [-0.39, 0.29) is 23.9 Å². The second-order valence-electron chi connectivity index (χ2n) is 7.72. The summed E-state index contributed by atoms with van der Waals surface area (Å²) < 4.78 is 32.7. The van der Waals surface area contributed by atoms with Gasteiger partial charge < -0.3 is 4.74 Å². The van der Waals surface area contributed by atoms with Crippen LogP contribution in [0.25, 0.3) is 0 Å². The molecular formula is C23H24F2N2O3. The van der Waals surface area contributed by atoms with Gasteiger partial charge in [-0.1, -0.05) is 18.2 Å². The molecule has 3 rings (SSSR count). The molecule has 0 aliphatic carbocycles. The molecule has 1 atom stereocenters. The lowest BCUT2D eigenvalue weighted by atomic mass is 9.93. The van der Waals surface area contributed by atoms with Crippen LogP contribution in [0.15, 0.2) is 53.6 Å². The molecule has 1 heterocycles. The van der Waals surface area contributed by atoms with Crippen molar-refractivity contribution in [2.75, 3.05) is 5.01 Å². The highest BCUT2D eigenvalue weighted by molar-refractivity contribution is 6.27. The van der Waals surface area contributed by atoms with Crippen molar-refractivity contribution in [1.82, 2.24) is 0 Å². The number of rotatable bonds is 7. The van der Waals surface area contributed by atoms with Crippen LogP contribution < -0.4 is 9.75 Å². The normalized spacial score (nSPS) is 16.8. The topological polar surface area (TPSA) is 59.0 Å².